The number of fused-ring (bicyclic) bond motifs is 1. The molecule has 0 fully saturated rings. The lowest BCUT2D eigenvalue weighted by molar-refractivity contribution is 0.922. The first-order chi connectivity index (χ1) is 8.79. The number of thioether (sulfide) groups is 1. The van der Waals surface area contributed by atoms with E-state index in [1.54, 1.807) is 11.8 Å². The average molecular weight is 254 g/mol. The monoisotopic (exact) mass is 254 g/mol. The van der Waals surface area contributed by atoms with Crippen LogP contribution < -0.4 is 0 Å². The Balaban J connectivity index is 2.35. The van der Waals surface area contributed by atoms with Crippen LogP contribution in [-0.2, 0) is 0 Å². The van der Waals surface area contributed by atoms with Crippen LogP contribution in [0, 0.1) is 6.92 Å². The molecule has 1 aromatic heterocycles. The maximum atomic E-state index is 4.67. The number of rotatable bonds is 2. The normalized spacial score (nSPS) is 11.0. The van der Waals surface area contributed by atoms with E-state index in [1.165, 1.54) is 11.1 Å². The fourth-order valence-corrected chi connectivity index (χ4v) is 2.70. The summed E-state index contributed by atoms with van der Waals surface area (Å²) in [5.74, 6) is 0. The van der Waals surface area contributed by atoms with Gasteiger partial charge in [0.25, 0.3) is 0 Å². The molecule has 18 heavy (non-hydrogen) atoms. The molecule has 0 aliphatic heterocycles. The second-order valence-electron chi connectivity index (χ2n) is 4.26. The van der Waals surface area contributed by atoms with Gasteiger partial charge in [-0.2, -0.15) is 0 Å². The smallest absolute Gasteiger partial charge is 0.173 e. The molecule has 0 radical (unpaired) electrons. The number of nitrogens with zero attached hydrogens (tertiary/aromatic N) is 2. The number of hydrogen-bond acceptors (Lipinski definition) is 2. The van der Waals surface area contributed by atoms with E-state index >= 15 is 0 Å². The second kappa shape index (κ2) is 4.50. The fraction of sp³-hybridized carbons (Fsp3) is 0.133. The Hall–Kier alpha value is -1.74. The molecule has 0 saturated heterocycles. The number of imidazole rings is 1. The van der Waals surface area contributed by atoms with E-state index in [0.717, 1.165) is 16.4 Å². The lowest BCUT2D eigenvalue weighted by Gasteiger charge is -2.07. The van der Waals surface area contributed by atoms with Gasteiger partial charge in [0.2, 0.25) is 0 Å². The average Bonchev–Trinajstić information content (AvgIpc) is 2.77. The highest BCUT2D eigenvalue weighted by Gasteiger charge is 2.11. The van der Waals surface area contributed by atoms with Crippen molar-refractivity contribution in [2.24, 2.45) is 0 Å². The van der Waals surface area contributed by atoms with Crippen molar-refractivity contribution in [3.63, 3.8) is 0 Å². The van der Waals surface area contributed by atoms with Crippen LogP contribution in [0.25, 0.3) is 16.7 Å². The van der Waals surface area contributed by atoms with Gasteiger partial charge in [0.05, 0.1) is 11.0 Å². The summed E-state index contributed by atoms with van der Waals surface area (Å²) in [5.41, 5.74) is 4.64. The zero-order valence-corrected chi connectivity index (χ0v) is 11.2. The first-order valence-electron chi connectivity index (χ1n) is 5.88. The van der Waals surface area contributed by atoms with Crippen LogP contribution in [0.5, 0.6) is 0 Å². The van der Waals surface area contributed by atoms with Crippen molar-refractivity contribution in [3.8, 4) is 5.69 Å². The van der Waals surface area contributed by atoms with Gasteiger partial charge in [0.1, 0.15) is 0 Å². The van der Waals surface area contributed by atoms with Gasteiger partial charge in [0.15, 0.2) is 5.16 Å². The number of hydrogen-bond donors (Lipinski definition) is 0. The fourth-order valence-electron chi connectivity index (χ4n) is 2.13. The van der Waals surface area contributed by atoms with Gasteiger partial charge in [-0.25, -0.2) is 4.98 Å². The third-order valence-corrected chi connectivity index (χ3v) is 3.62. The molecule has 1 heterocycles. The zero-order valence-electron chi connectivity index (χ0n) is 10.4. The summed E-state index contributed by atoms with van der Waals surface area (Å²) < 4.78 is 2.22. The highest BCUT2D eigenvalue weighted by Crippen LogP contribution is 2.27. The van der Waals surface area contributed by atoms with Crippen molar-refractivity contribution >= 4 is 22.8 Å². The van der Waals surface area contributed by atoms with E-state index in [9.17, 15) is 0 Å². The minimum absolute atomic E-state index is 1.03. The molecule has 0 bridgehead atoms. The Morgan fingerprint density at radius 1 is 1.06 bits per heavy atom. The van der Waals surface area contributed by atoms with E-state index < -0.39 is 0 Å². The first-order valence-corrected chi connectivity index (χ1v) is 7.10. The summed E-state index contributed by atoms with van der Waals surface area (Å²) >= 11 is 1.67. The van der Waals surface area contributed by atoms with Crippen molar-refractivity contribution in [2.45, 2.75) is 12.1 Å². The zero-order chi connectivity index (χ0) is 12.5. The Bertz CT molecular complexity index is 686. The third-order valence-electron chi connectivity index (χ3n) is 2.98. The molecule has 90 valence electrons. The number of benzene rings is 2. The minimum atomic E-state index is 1.03. The number of aryl methyl sites for hydroxylation is 1. The summed E-state index contributed by atoms with van der Waals surface area (Å²) in [7, 11) is 0. The van der Waals surface area contributed by atoms with E-state index in [4.69, 9.17) is 0 Å². The molecule has 0 aliphatic rings. The van der Waals surface area contributed by atoms with Crippen LogP contribution in [0.1, 0.15) is 5.56 Å². The Labute approximate surface area is 111 Å². The largest absolute Gasteiger partial charge is 0.287 e. The molecule has 2 nitrogen and oxygen atoms in total. The lowest BCUT2D eigenvalue weighted by atomic mass is 10.2. The molecule has 2 aromatic carbocycles. The van der Waals surface area contributed by atoms with Crippen molar-refractivity contribution in [1.29, 1.82) is 0 Å². The molecule has 0 amide bonds. The van der Waals surface area contributed by atoms with Crippen LogP contribution in [0.3, 0.4) is 0 Å². The van der Waals surface area contributed by atoms with Crippen molar-refractivity contribution in [2.75, 3.05) is 6.26 Å². The van der Waals surface area contributed by atoms with Crippen LogP contribution in [0.4, 0.5) is 0 Å². The maximum absolute atomic E-state index is 4.67. The van der Waals surface area contributed by atoms with Gasteiger partial charge in [-0.15, -0.1) is 0 Å². The molecular formula is C15H14N2S. The molecule has 0 unspecified atom stereocenters. The summed E-state index contributed by atoms with van der Waals surface area (Å²) in [6, 6.07) is 16.8. The Morgan fingerprint density at radius 2 is 1.83 bits per heavy atom. The van der Waals surface area contributed by atoms with Gasteiger partial charge in [-0.3, -0.25) is 4.57 Å². The summed E-state index contributed by atoms with van der Waals surface area (Å²) in [6.07, 6.45) is 2.06. The molecule has 3 rings (SSSR count). The Morgan fingerprint density at radius 3 is 2.56 bits per heavy atom. The van der Waals surface area contributed by atoms with Crippen molar-refractivity contribution in [3.05, 3.63) is 54.1 Å². The molecular weight excluding hydrogens is 240 g/mol. The molecule has 0 N–H and O–H groups in total. The highest BCUT2D eigenvalue weighted by molar-refractivity contribution is 7.98. The molecule has 0 aliphatic carbocycles. The lowest BCUT2D eigenvalue weighted by Crippen LogP contribution is -1.95. The SMILES string of the molecule is CSc1nc2ccc(C)cc2n1-c1ccccc1. The van der Waals surface area contributed by atoms with Crippen LogP contribution in [0.2, 0.25) is 0 Å². The van der Waals surface area contributed by atoms with E-state index in [-0.39, 0.29) is 0 Å². The quantitative estimate of drug-likeness (QED) is 0.642. The van der Waals surface area contributed by atoms with E-state index in [0.29, 0.717) is 0 Å². The summed E-state index contributed by atoms with van der Waals surface area (Å²) in [4.78, 5) is 4.67. The number of aromatic nitrogens is 2. The van der Waals surface area contributed by atoms with E-state index in [1.807, 2.05) is 6.07 Å². The minimum Gasteiger partial charge on any atom is -0.287 e. The van der Waals surface area contributed by atoms with Gasteiger partial charge in [-0.1, -0.05) is 36.0 Å². The molecule has 3 aromatic rings. The highest BCUT2D eigenvalue weighted by atomic mass is 32.2. The topological polar surface area (TPSA) is 17.8 Å². The van der Waals surface area contributed by atoms with E-state index in [2.05, 4.69) is 65.2 Å². The molecule has 0 atom stereocenters. The second-order valence-corrected chi connectivity index (χ2v) is 5.04. The van der Waals surface area contributed by atoms with Gasteiger partial charge in [0, 0.05) is 5.69 Å². The molecule has 0 saturated carbocycles. The molecule has 3 heteroatoms. The van der Waals surface area contributed by atoms with Crippen LogP contribution in [-0.4, -0.2) is 15.8 Å². The summed E-state index contributed by atoms with van der Waals surface area (Å²) in [5, 5.41) is 1.03. The van der Waals surface area contributed by atoms with Crippen LogP contribution >= 0.6 is 11.8 Å². The Kier molecular flexibility index (Phi) is 2.84. The third kappa shape index (κ3) is 1.81. The molecule has 0 spiro atoms. The van der Waals surface area contributed by atoms with Crippen LogP contribution in [0.15, 0.2) is 53.7 Å². The maximum Gasteiger partial charge on any atom is 0.173 e. The summed E-state index contributed by atoms with van der Waals surface area (Å²) in [6.45, 7) is 2.11. The predicted molar refractivity (Wildman–Crippen MR) is 77.6 cm³/mol. The first kappa shape index (κ1) is 11.4. The van der Waals surface area contributed by atoms with Crippen molar-refractivity contribution in [1.82, 2.24) is 9.55 Å². The predicted octanol–water partition coefficient (Wildman–Crippen LogP) is 4.06. The van der Waals surface area contributed by atoms with Gasteiger partial charge < -0.3 is 0 Å². The van der Waals surface area contributed by atoms with Crippen molar-refractivity contribution < 1.29 is 0 Å². The van der Waals surface area contributed by atoms with Gasteiger partial charge >= 0.3 is 0 Å². The van der Waals surface area contributed by atoms with Gasteiger partial charge in [-0.05, 0) is 43.0 Å². The standard InChI is InChI=1S/C15H14N2S/c1-11-8-9-13-14(10-11)17(15(16-13)18-2)12-6-4-3-5-7-12/h3-10H,1-2H3. The number of para-hydroxylation sites is 1.